The number of hydrogen-bond acceptors (Lipinski definition) is 2. The lowest BCUT2D eigenvalue weighted by atomic mass is 10.1. The van der Waals surface area contributed by atoms with E-state index in [9.17, 15) is 0 Å². The third-order valence-corrected chi connectivity index (χ3v) is 4.46. The van der Waals surface area contributed by atoms with Gasteiger partial charge >= 0.3 is 0 Å². The maximum atomic E-state index is 6.19. The summed E-state index contributed by atoms with van der Waals surface area (Å²) < 4.78 is 0. The summed E-state index contributed by atoms with van der Waals surface area (Å²) in [5.41, 5.74) is 1.17. The van der Waals surface area contributed by atoms with Gasteiger partial charge in [0.05, 0.1) is 0 Å². The molecule has 0 atom stereocenters. The van der Waals surface area contributed by atoms with Gasteiger partial charge in [0.15, 0.2) is 5.96 Å². The highest BCUT2D eigenvalue weighted by Crippen LogP contribution is 2.14. The summed E-state index contributed by atoms with van der Waals surface area (Å²) in [7, 11) is 0. The average molecular weight is 465 g/mol. The van der Waals surface area contributed by atoms with Crippen LogP contribution in [0.2, 0.25) is 5.02 Å². The van der Waals surface area contributed by atoms with Crippen LogP contribution in [-0.4, -0.2) is 50.1 Å². The lowest BCUT2D eigenvalue weighted by Crippen LogP contribution is -2.38. The van der Waals surface area contributed by atoms with Gasteiger partial charge in [-0.15, -0.1) is 24.0 Å². The van der Waals surface area contributed by atoms with Gasteiger partial charge in [0.2, 0.25) is 0 Å². The summed E-state index contributed by atoms with van der Waals surface area (Å²) in [4.78, 5) is 7.20. The molecule has 1 aliphatic rings. The Morgan fingerprint density at radius 2 is 1.96 bits per heavy atom. The van der Waals surface area contributed by atoms with Crippen molar-refractivity contribution in [2.75, 3.05) is 39.3 Å². The Hall–Kier alpha value is -0.530. The first kappa shape index (κ1) is 21.5. The fourth-order valence-electron chi connectivity index (χ4n) is 2.85. The van der Waals surface area contributed by atoms with Crippen molar-refractivity contribution in [2.45, 2.75) is 32.6 Å². The molecule has 6 heteroatoms. The molecule has 24 heavy (non-hydrogen) atoms. The van der Waals surface area contributed by atoms with E-state index in [1.165, 1.54) is 38.0 Å². The number of benzene rings is 1. The molecule has 0 amide bonds. The number of rotatable bonds is 8. The Balaban J connectivity index is 0.00000288. The van der Waals surface area contributed by atoms with Crippen LogP contribution in [0, 0.1) is 0 Å². The van der Waals surface area contributed by atoms with Gasteiger partial charge in [-0.05, 0) is 63.9 Å². The van der Waals surface area contributed by atoms with E-state index in [1.54, 1.807) is 0 Å². The molecule has 0 unspecified atom stereocenters. The lowest BCUT2D eigenvalue weighted by molar-refractivity contribution is 0.336. The van der Waals surface area contributed by atoms with Gasteiger partial charge in [0, 0.05) is 24.7 Å². The maximum Gasteiger partial charge on any atom is 0.191 e. The molecule has 0 saturated carbocycles. The molecule has 0 aromatic heterocycles. The van der Waals surface area contributed by atoms with Gasteiger partial charge in [0.1, 0.15) is 0 Å². The zero-order chi connectivity index (χ0) is 16.3. The number of likely N-dealkylation sites (tertiary alicyclic amines) is 1. The van der Waals surface area contributed by atoms with Gasteiger partial charge in [-0.3, -0.25) is 4.99 Å². The van der Waals surface area contributed by atoms with E-state index in [2.05, 4.69) is 33.5 Å². The molecule has 1 aliphatic heterocycles. The van der Waals surface area contributed by atoms with Crippen molar-refractivity contribution in [3.05, 3.63) is 34.9 Å². The molecule has 1 aromatic carbocycles. The molecule has 2 rings (SSSR count). The van der Waals surface area contributed by atoms with E-state index < -0.39 is 0 Å². The van der Waals surface area contributed by atoms with E-state index in [-0.39, 0.29) is 24.0 Å². The van der Waals surface area contributed by atoms with E-state index >= 15 is 0 Å². The Morgan fingerprint density at radius 3 is 2.67 bits per heavy atom. The van der Waals surface area contributed by atoms with Crippen LogP contribution in [0.5, 0.6) is 0 Å². The smallest absolute Gasteiger partial charge is 0.191 e. The first-order chi connectivity index (χ1) is 11.3. The number of nitrogens with zero attached hydrogens (tertiary/aromatic N) is 2. The molecule has 0 spiro atoms. The minimum atomic E-state index is 0. The van der Waals surface area contributed by atoms with Crippen molar-refractivity contribution in [1.82, 2.24) is 15.5 Å². The Labute approximate surface area is 168 Å². The van der Waals surface area contributed by atoms with Crippen LogP contribution in [-0.2, 0) is 6.42 Å². The van der Waals surface area contributed by atoms with Gasteiger partial charge in [0.25, 0.3) is 0 Å². The fraction of sp³-hybridized carbons (Fsp3) is 0.611. The quantitative estimate of drug-likeness (QED) is 0.268. The average Bonchev–Trinajstić information content (AvgIpc) is 3.06. The van der Waals surface area contributed by atoms with Crippen molar-refractivity contribution in [3.8, 4) is 0 Å². The first-order valence-corrected chi connectivity index (χ1v) is 9.15. The molecule has 1 heterocycles. The fourth-order valence-corrected chi connectivity index (χ4v) is 3.08. The Morgan fingerprint density at radius 1 is 1.21 bits per heavy atom. The second-order valence-electron chi connectivity index (χ2n) is 5.93. The van der Waals surface area contributed by atoms with E-state index in [4.69, 9.17) is 11.6 Å². The molecule has 1 aromatic rings. The van der Waals surface area contributed by atoms with Crippen molar-refractivity contribution in [3.63, 3.8) is 0 Å². The molecule has 2 N–H and O–H groups in total. The lowest BCUT2D eigenvalue weighted by Gasteiger charge is -2.14. The largest absolute Gasteiger partial charge is 0.357 e. The van der Waals surface area contributed by atoms with E-state index in [1.807, 2.05) is 18.2 Å². The van der Waals surface area contributed by atoms with Gasteiger partial charge in [-0.25, -0.2) is 0 Å². The number of guanidine groups is 1. The van der Waals surface area contributed by atoms with Gasteiger partial charge < -0.3 is 15.5 Å². The minimum absolute atomic E-state index is 0. The van der Waals surface area contributed by atoms with Crippen LogP contribution < -0.4 is 10.6 Å². The van der Waals surface area contributed by atoms with Crippen LogP contribution in [0.25, 0.3) is 0 Å². The predicted molar refractivity (Wildman–Crippen MR) is 115 cm³/mol. The first-order valence-electron chi connectivity index (χ1n) is 8.77. The van der Waals surface area contributed by atoms with Gasteiger partial charge in [-0.1, -0.05) is 29.8 Å². The predicted octanol–water partition coefficient (Wildman–Crippen LogP) is 3.54. The zero-order valence-electron chi connectivity index (χ0n) is 14.6. The summed E-state index contributed by atoms with van der Waals surface area (Å²) in [6.45, 7) is 8.38. The second-order valence-corrected chi connectivity index (χ2v) is 6.34. The standard InChI is InChI=1S/C18H29ClN4.HI/c1-2-20-18(21-11-7-15-23-13-5-6-14-23)22-12-10-16-8-3-4-9-17(16)19;/h3-4,8-9H,2,5-7,10-15H2,1H3,(H2,20,21,22);1H. The molecule has 0 radical (unpaired) electrons. The van der Waals surface area contributed by atoms with Crippen LogP contribution in [0.4, 0.5) is 0 Å². The highest BCUT2D eigenvalue weighted by molar-refractivity contribution is 14.0. The highest BCUT2D eigenvalue weighted by atomic mass is 127. The number of halogens is 2. The summed E-state index contributed by atoms with van der Waals surface area (Å²) >= 11 is 6.19. The summed E-state index contributed by atoms with van der Waals surface area (Å²) in [5.74, 6) is 0.904. The van der Waals surface area contributed by atoms with Crippen LogP contribution in [0.15, 0.2) is 29.3 Å². The number of hydrogen-bond donors (Lipinski definition) is 2. The third kappa shape index (κ3) is 8.03. The van der Waals surface area contributed by atoms with Crippen molar-refractivity contribution < 1.29 is 0 Å². The normalized spacial score (nSPS) is 15.2. The van der Waals surface area contributed by atoms with Crippen LogP contribution >= 0.6 is 35.6 Å². The summed E-state index contributed by atoms with van der Waals surface area (Å²) in [6.07, 6.45) is 4.74. The monoisotopic (exact) mass is 464 g/mol. The topological polar surface area (TPSA) is 39.7 Å². The molecule has 4 nitrogen and oxygen atoms in total. The second kappa shape index (κ2) is 12.8. The van der Waals surface area contributed by atoms with Crippen molar-refractivity contribution in [2.24, 2.45) is 4.99 Å². The van der Waals surface area contributed by atoms with Crippen molar-refractivity contribution in [1.29, 1.82) is 0 Å². The zero-order valence-corrected chi connectivity index (χ0v) is 17.6. The summed E-state index contributed by atoms with van der Waals surface area (Å²) in [5, 5.41) is 7.53. The SMILES string of the molecule is CCNC(=NCCCN1CCCC1)NCCc1ccccc1Cl.I. The van der Waals surface area contributed by atoms with Crippen LogP contribution in [0.1, 0.15) is 31.7 Å². The Kier molecular flexibility index (Phi) is 11.5. The maximum absolute atomic E-state index is 6.19. The molecular formula is C18H30ClIN4. The van der Waals surface area contributed by atoms with E-state index in [0.29, 0.717) is 0 Å². The van der Waals surface area contributed by atoms with Crippen molar-refractivity contribution >= 4 is 41.5 Å². The van der Waals surface area contributed by atoms with Gasteiger partial charge in [-0.2, -0.15) is 0 Å². The molecule has 1 saturated heterocycles. The third-order valence-electron chi connectivity index (χ3n) is 4.09. The number of nitrogens with one attached hydrogen (secondary N) is 2. The number of aliphatic imine (C=N–C) groups is 1. The minimum Gasteiger partial charge on any atom is -0.357 e. The molecule has 0 bridgehead atoms. The molecule has 1 fully saturated rings. The molecular weight excluding hydrogens is 435 g/mol. The highest BCUT2D eigenvalue weighted by Gasteiger charge is 2.10. The Bertz CT molecular complexity index is 490. The molecule has 0 aliphatic carbocycles. The molecule has 136 valence electrons. The summed E-state index contributed by atoms with van der Waals surface area (Å²) in [6, 6.07) is 8.00. The van der Waals surface area contributed by atoms with E-state index in [0.717, 1.165) is 43.5 Å². The van der Waals surface area contributed by atoms with Crippen LogP contribution in [0.3, 0.4) is 0 Å².